The summed E-state index contributed by atoms with van der Waals surface area (Å²) in [5, 5.41) is 8.92. The Morgan fingerprint density at radius 3 is 2.47 bits per heavy atom. The maximum atomic E-state index is 10.8. The van der Waals surface area contributed by atoms with Gasteiger partial charge in [-0.1, -0.05) is 12.1 Å². The van der Waals surface area contributed by atoms with Crippen LogP contribution >= 0.6 is 0 Å². The van der Waals surface area contributed by atoms with Crippen molar-refractivity contribution in [1.82, 2.24) is 4.90 Å². The highest BCUT2D eigenvalue weighted by Crippen LogP contribution is 2.28. The van der Waals surface area contributed by atoms with Crippen LogP contribution in [0.1, 0.15) is 32.3 Å². The first-order chi connectivity index (χ1) is 9.04. The van der Waals surface area contributed by atoms with Crippen molar-refractivity contribution in [2.24, 2.45) is 0 Å². The summed E-state index contributed by atoms with van der Waals surface area (Å²) in [4.78, 5) is 12.9. The summed E-state index contributed by atoms with van der Waals surface area (Å²) in [6, 6.07) is 8.36. The van der Waals surface area contributed by atoms with E-state index >= 15 is 0 Å². The number of rotatable bonds is 7. The Labute approximate surface area is 114 Å². The van der Waals surface area contributed by atoms with E-state index < -0.39 is 5.97 Å². The highest BCUT2D eigenvalue weighted by atomic mass is 16.5. The lowest BCUT2D eigenvalue weighted by Gasteiger charge is -2.20. The number of benzene rings is 1. The molecule has 1 aliphatic carbocycles. The number of hydrogen-bond donors (Lipinski definition) is 1. The van der Waals surface area contributed by atoms with Crippen LogP contribution in [-0.4, -0.2) is 34.7 Å². The van der Waals surface area contributed by atoms with Gasteiger partial charge in [-0.2, -0.15) is 0 Å². The van der Waals surface area contributed by atoms with Gasteiger partial charge in [-0.15, -0.1) is 0 Å². The molecule has 0 aliphatic heterocycles. The quantitative estimate of drug-likeness (QED) is 0.821. The molecule has 19 heavy (non-hydrogen) atoms. The van der Waals surface area contributed by atoms with E-state index in [9.17, 15) is 4.79 Å². The molecule has 1 N–H and O–H groups in total. The zero-order valence-corrected chi connectivity index (χ0v) is 11.5. The molecule has 4 nitrogen and oxygen atoms in total. The number of carbonyl (C=O) groups is 1. The number of ether oxygens (including phenoxy) is 1. The van der Waals surface area contributed by atoms with Crippen LogP contribution in [0, 0.1) is 0 Å². The fourth-order valence-electron chi connectivity index (χ4n) is 2.11. The molecular formula is C15H21NO3. The van der Waals surface area contributed by atoms with Crippen LogP contribution < -0.4 is 4.74 Å². The maximum absolute atomic E-state index is 10.8. The second kappa shape index (κ2) is 6.06. The number of hydrogen-bond acceptors (Lipinski definition) is 3. The summed E-state index contributed by atoms with van der Waals surface area (Å²) in [5.74, 6) is 0.0987. The van der Waals surface area contributed by atoms with Crippen molar-refractivity contribution < 1.29 is 14.6 Å². The molecule has 0 aromatic heterocycles. The zero-order valence-electron chi connectivity index (χ0n) is 11.5. The molecule has 0 atom stereocenters. The summed E-state index contributed by atoms with van der Waals surface area (Å²) >= 11 is 0. The lowest BCUT2D eigenvalue weighted by atomic mass is 10.2. The average molecular weight is 263 g/mol. The summed E-state index contributed by atoms with van der Waals surface area (Å²) in [6.07, 6.45) is 2.39. The van der Waals surface area contributed by atoms with E-state index in [1.807, 2.05) is 43.0 Å². The molecule has 1 aromatic rings. The molecule has 1 aliphatic rings. The fraction of sp³-hybridized carbons (Fsp3) is 0.533. The Hall–Kier alpha value is -1.55. The van der Waals surface area contributed by atoms with Gasteiger partial charge in [0, 0.05) is 12.6 Å². The molecule has 1 saturated carbocycles. The van der Waals surface area contributed by atoms with Gasteiger partial charge >= 0.3 is 5.97 Å². The van der Waals surface area contributed by atoms with Crippen LogP contribution in [0.5, 0.6) is 5.75 Å². The predicted molar refractivity (Wildman–Crippen MR) is 73.3 cm³/mol. The first-order valence-electron chi connectivity index (χ1n) is 6.76. The number of aliphatic carboxylic acids is 1. The third-order valence-electron chi connectivity index (χ3n) is 3.08. The monoisotopic (exact) mass is 263 g/mol. The maximum Gasteiger partial charge on any atom is 0.317 e. The first kappa shape index (κ1) is 13.9. The van der Waals surface area contributed by atoms with Gasteiger partial charge in [-0.25, -0.2) is 0 Å². The Morgan fingerprint density at radius 2 is 2.00 bits per heavy atom. The second-order valence-electron chi connectivity index (χ2n) is 5.34. The third-order valence-corrected chi connectivity index (χ3v) is 3.08. The van der Waals surface area contributed by atoms with Crippen molar-refractivity contribution in [3.8, 4) is 5.75 Å². The van der Waals surface area contributed by atoms with Crippen LogP contribution in [0.3, 0.4) is 0 Å². The van der Waals surface area contributed by atoms with Gasteiger partial charge < -0.3 is 9.84 Å². The molecule has 2 rings (SSSR count). The molecule has 0 unspecified atom stereocenters. The highest BCUT2D eigenvalue weighted by Gasteiger charge is 2.30. The fourth-order valence-corrected chi connectivity index (χ4v) is 2.11. The van der Waals surface area contributed by atoms with E-state index in [4.69, 9.17) is 9.84 Å². The smallest absolute Gasteiger partial charge is 0.317 e. The second-order valence-corrected chi connectivity index (χ2v) is 5.34. The van der Waals surface area contributed by atoms with Crippen molar-refractivity contribution in [2.75, 3.05) is 6.54 Å². The minimum absolute atomic E-state index is 0.120. The molecule has 104 valence electrons. The first-order valence-corrected chi connectivity index (χ1v) is 6.76. The molecule has 0 bridgehead atoms. The van der Waals surface area contributed by atoms with Gasteiger partial charge in [0.15, 0.2) is 0 Å². The molecule has 1 fully saturated rings. The molecule has 0 amide bonds. The van der Waals surface area contributed by atoms with Gasteiger partial charge in [-0.05, 0) is 44.4 Å². The van der Waals surface area contributed by atoms with Crippen molar-refractivity contribution in [1.29, 1.82) is 0 Å². The minimum Gasteiger partial charge on any atom is -0.491 e. The highest BCUT2D eigenvalue weighted by molar-refractivity contribution is 5.69. The van der Waals surface area contributed by atoms with Gasteiger partial charge in [-0.3, -0.25) is 9.69 Å². The summed E-state index contributed by atoms with van der Waals surface area (Å²) in [7, 11) is 0. The number of nitrogens with zero attached hydrogens (tertiary/aromatic N) is 1. The molecule has 0 radical (unpaired) electrons. The standard InChI is InChI=1S/C15H21NO3/c1-11(2)19-14-7-3-12(4-8-14)9-16(10-15(17)18)13-5-6-13/h3-4,7-8,11,13H,5-6,9-10H2,1-2H3,(H,17,18). The van der Waals surface area contributed by atoms with Gasteiger partial charge in [0.25, 0.3) is 0 Å². The Morgan fingerprint density at radius 1 is 1.37 bits per heavy atom. The lowest BCUT2D eigenvalue weighted by molar-refractivity contribution is -0.138. The van der Waals surface area contributed by atoms with Crippen molar-refractivity contribution in [2.45, 2.75) is 45.4 Å². The van der Waals surface area contributed by atoms with Crippen LogP contribution in [-0.2, 0) is 11.3 Å². The molecule has 4 heteroatoms. The lowest BCUT2D eigenvalue weighted by Crippen LogP contribution is -2.31. The van der Waals surface area contributed by atoms with E-state index in [-0.39, 0.29) is 12.6 Å². The van der Waals surface area contributed by atoms with E-state index in [1.165, 1.54) is 0 Å². The van der Waals surface area contributed by atoms with Gasteiger partial charge in [0.1, 0.15) is 5.75 Å². The van der Waals surface area contributed by atoms with Crippen molar-refractivity contribution in [3.63, 3.8) is 0 Å². The summed E-state index contributed by atoms with van der Waals surface area (Å²) < 4.78 is 5.59. The number of carboxylic acid groups (broad SMARTS) is 1. The molecule has 0 spiro atoms. The summed E-state index contributed by atoms with van der Waals surface area (Å²) in [5.41, 5.74) is 1.13. The minimum atomic E-state index is -0.758. The van der Waals surface area contributed by atoms with Crippen LogP contribution in [0.4, 0.5) is 0 Å². The largest absolute Gasteiger partial charge is 0.491 e. The van der Waals surface area contributed by atoms with Gasteiger partial charge in [0.2, 0.25) is 0 Å². The normalized spacial score (nSPS) is 14.9. The van der Waals surface area contributed by atoms with Crippen LogP contribution in [0.15, 0.2) is 24.3 Å². The predicted octanol–water partition coefficient (Wildman–Crippen LogP) is 2.52. The van der Waals surface area contributed by atoms with Crippen molar-refractivity contribution >= 4 is 5.97 Å². The molecule has 0 heterocycles. The summed E-state index contributed by atoms with van der Waals surface area (Å²) in [6.45, 7) is 4.80. The van der Waals surface area contributed by atoms with Crippen molar-refractivity contribution in [3.05, 3.63) is 29.8 Å². The topological polar surface area (TPSA) is 49.8 Å². The number of carboxylic acids is 1. The molecule has 0 saturated heterocycles. The molecule has 1 aromatic carbocycles. The third kappa shape index (κ3) is 4.56. The average Bonchev–Trinajstić information content (AvgIpc) is 3.13. The Balaban J connectivity index is 1.95. The van der Waals surface area contributed by atoms with Gasteiger partial charge in [0.05, 0.1) is 12.6 Å². The van der Waals surface area contributed by atoms with Crippen LogP contribution in [0.25, 0.3) is 0 Å². The Bertz CT molecular complexity index is 424. The zero-order chi connectivity index (χ0) is 13.8. The SMILES string of the molecule is CC(C)Oc1ccc(CN(CC(=O)O)C2CC2)cc1. The van der Waals surface area contributed by atoms with E-state index in [1.54, 1.807) is 0 Å². The van der Waals surface area contributed by atoms with E-state index in [2.05, 4.69) is 0 Å². The van der Waals surface area contributed by atoms with E-state index in [0.29, 0.717) is 12.6 Å². The van der Waals surface area contributed by atoms with E-state index in [0.717, 1.165) is 24.2 Å². The molecular weight excluding hydrogens is 242 g/mol. The van der Waals surface area contributed by atoms with Crippen LogP contribution in [0.2, 0.25) is 0 Å². The Kier molecular flexibility index (Phi) is 4.43.